The lowest BCUT2D eigenvalue weighted by Crippen LogP contribution is -2.06. The summed E-state index contributed by atoms with van der Waals surface area (Å²) in [7, 11) is 0. The van der Waals surface area contributed by atoms with Crippen LogP contribution < -0.4 is 0 Å². The van der Waals surface area contributed by atoms with E-state index < -0.39 is 5.82 Å². The van der Waals surface area contributed by atoms with E-state index in [9.17, 15) is 9.18 Å². The smallest absolute Gasteiger partial charge is 0.170 e. The molecule has 1 nitrogen and oxygen atoms in total. The molecule has 0 fully saturated rings. The number of ketones is 1. The first-order valence-corrected chi connectivity index (χ1v) is 5.99. The van der Waals surface area contributed by atoms with Gasteiger partial charge in [0.2, 0.25) is 0 Å². The fourth-order valence-electron chi connectivity index (χ4n) is 1.60. The van der Waals surface area contributed by atoms with Crippen molar-refractivity contribution < 1.29 is 9.18 Å². The average Bonchev–Trinajstić information content (AvgIpc) is 2.32. The highest BCUT2D eigenvalue weighted by molar-refractivity contribution is 9.10. The summed E-state index contributed by atoms with van der Waals surface area (Å²) in [5.41, 5.74) is 1.00. The van der Waals surface area contributed by atoms with E-state index in [2.05, 4.69) is 15.9 Å². The van der Waals surface area contributed by atoms with E-state index in [1.165, 1.54) is 12.1 Å². The van der Waals surface area contributed by atoms with Crippen molar-refractivity contribution in [2.45, 2.75) is 6.42 Å². The lowest BCUT2D eigenvalue weighted by Gasteiger charge is -2.04. The van der Waals surface area contributed by atoms with E-state index in [-0.39, 0.29) is 17.8 Å². The van der Waals surface area contributed by atoms with Crippen molar-refractivity contribution in [3.05, 3.63) is 69.9 Å². The van der Waals surface area contributed by atoms with Crippen LogP contribution in [0.3, 0.4) is 0 Å². The second kappa shape index (κ2) is 5.23. The van der Waals surface area contributed by atoms with Crippen LogP contribution in [0.1, 0.15) is 15.9 Å². The topological polar surface area (TPSA) is 17.1 Å². The fraction of sp³-hybridized carbons (Fsp3) is 0.0714. The van der Waals surface area contributed by atoms with E-state index >= 15 is 0 Å². The maximum absolute atomic E-state index is 13.4. The molecule has 0 amide bonds. The van der Waals surface area contributed by atoms with Gasteiger partial charge in [0.1, 0.15) is 5.82 Å². The Kier molecular flexibility index (Phi) is 3.69. The molecule has 0 radical (unpaired) electrons. The Labute approximate surface area is 107 Å². The third kappa shape index (κ3) is 2.80. The zero-order valence-corrected chi connectivity index (χ0v) is 10.6. The van der Waals surface area contributed by atoms with Gasteiger partial charge in [0.05, 0.1) is 5.56 Å². The third-order valence-corrected chi connectivity index (χ3v) is 3.26. The molecule has 17 heavy (non-hydrogen) atoms. The Morgan fingerprint density at radius 1 is 1.06 bits per heavy atom. The Morgan fingerprint density at radius 2 is 1.71 bits per heavy atom. The molecule has 2 aromatic carbocycles. The van der Waals surface area contributed by atoms with Gasteiger partial charge < -0.3 is 0 Å². The summed E-state index contributed by atoms with van der Waals surface area (Å²) in [5, 5.41) is 0. The number of carbonyl (C=O) groups is 1. The first-order valence-electron chi connectivity index (χ1n) is 5.19. The van der Waals surface area contributed by atoms with Crippen molar-refractivity contribution in [3.63, 3.8) is 0 Å². The second-order valence-corrected chi connectivity index (χ2v) is 4.53. The number of hydrogen-bond donors (Lipinski definition) is 0. The summed E-state index contributed by atoms with van der Waals surface area (Å²) in [6.07, 6.45) is 0.197. The Bertz CT molecular complexity index is 551. The van der Waals surface area contributed by atoms with Crippen LogP contribution in [-0.4, -0.2) is 5.78 Å². The van der Waals surface area contributed by atoms with Crippen LogP contribution in [0.4, 0.5) is 4.39 Å². The number of benzene rings is 2. The van der Waals surface area contributed by atoms with E-state index in [0.717, 1.165) is 10.0 Å². The summed E-state index contributed by atoms with van der Waals surface area (Å²) in [6.45, 7) is 0. The normalized spacial score (nSPS) is 10.2. The molecule has 3 heteroatoms. The molecule has 0 spiro atoms. The molecule has 0 saturated heterocycles. The van der Waals surface area contributed by atoms with Crippen molar-refractivity contribution in [1.29, 1.82) is 0 Å². The summed E-state index contributed by atoms with van der Waals surface area (Å²) in [4.78, 5) is 11.9. The SMILES string of the molecule is O=C(Cc1ccccc1Br)c1ccccc1F. The largest absolute Gasteiger partial charge is 0.294 e. The highest BCUT2D eigenvalue weighted by Gasteiger charge is 2.12. The maximum Gasteiger partial charge on any atom is 0.170 e. The molecule has 2 aromatic rings. The highest BCUT2D eigenvalue weighted by Crippen LogP contribution is 2.18. The van der Waals surface area contributed by atoms with Gasteiger partial charge in [-0.05, 0) is 23.8 Å². The van der Waals surface area contributed by atoms with Crippen molar-refractivity contribution in [1.82, 2.24) is 0 Å². The summed E-state index contributed by atoms with van der Waals surface area (Å²) in [6, 6.07) is 13.5. The van der Waals surface area contributed by atoms with Crippen LogP contribution in [0.25, 0.3) is 0 Å². The van der Waals surface area contributed by atoms with Gasteiger partial charge in [-0.25, -0.2) is 4.39 Å². The minimum Gasteiger partial charge on any atom is -0.294 e. The van der Waals surface area contributed by atoms with Gasteiger partial charge in [-0.1, -0.05) is 46.3 Å². The number of hydrogen-bond acceptors (Lipinski definition) is 1. The van der Waals surface area contributed by atoms with Crippen LogP contribution in [-0.2, 0) is 6.42 Å². The van der Waals surface area contributed by atoms with Crippen molar-refractivity contribution >= 4 is 21.7 Å². The van der Waals surface area contributed by atoms with Crippen molar-refractivity contribution in [2.75, 3.05) is 0 Å². The highest BCUT2D eigenvalue weighted by atomic mass is 79.9. The van der Waals surface area contributed by atoms with Gasteiger partial charge in [0, 0.05) is 10.9 Å². The molecule has 0 aliphatic rings. The summed E-state index contributed by atoms with van der Waals surface area (Å²) in [5.74, 6) is -0.681. The van der Waals surface area contributed by atoms with Crippen LogP contribution in [0.2, 0.25) is 0 Å². The molecule has 2 rings (SSSR count). The number of carbonyl (C=O) groups excluding carboxylic acids is 1. The van der Waals surface area contributed by atoms with E-state index in [4.69, 9.17) is 0 Å². The van der Waals surface area contributed by atoms with E-state index in [0.29, 0.717) is 0 Å². The van der Waals surface area contributed by atoms with Crippen molar-refractivity contribution in [2.24, 2.45) is 0 Å². The first kappa shape index (κ1) is 12.0. The van der Waals surface area contributed by atoms with Gasteiger partial charge in [-0.3, -0.25) is 4.79 Å². The molecule has 0 aliphatic carbocycles. The van der Waals surface area contributed by atoms with Crippen LogP contribution >= 0.6 is 15.9 Å². The van der Waals surface area contributed by atoms with Crippen molar-refractivity contribution in [3.8, 4) is 0 Å². The Hall–Kier alpha value is -1.48. The van der Waals surface area contributed by atoms with Crippen LogP contribution in [0.5, 0.6) is 0 Å². The molecule has 0 atom stereocenters. The number of rotatable bonds is 3. The molecule has 0 heterocycles. The Morgan fingerprint density at radius 3 is 2.41 bits per heavy atom. The fourth-order valence-corrected chi connectivity index (χ4v) is 2.02. The molecule has 0 N–H and O–H groups in total. The molecule has 86 valence electrons. The second-order valence-electron chi connectivity index (χ2n) is 3.67. The molecular weight excluding hydrogens is 283 g/mol. The van der Waals surface area contributed by atoms with Gasteiger partial charge >= 0.3 is 0 Å². The van der Waals surface area contributed by atoms with Gasteiger partial charge in [-0.2, -0.15) is 0 Å². The van der Waals surface area contributed by atoms with Gasteiger partial charge in [0.25, 0.3) is 0 Å². The predicted octanol–water partition coefficient (Wildman–Crippen LogP) is 4.01. The average molecular weight is 293 g/mol. The van der Waals surface area contributed by atoms with E-state index in [1.807, 2.05) is 24.3 Å². The molecule has 0 unspecified atom stereocenters. The standard InChI is InChI=1S/C14H10BrFO/c15-12-7-3-1-5-10(12)9-14(17)11-6-2-4-8-13(11)16/h1-8H,9H2. The lowest BCUT2D eigenvalue weighted by molar-refractivity contribution is 0.0989. The Balaban J connectivity index is 2.24. The first-order chi connectivity index (χ1) is 8.18. The molecule has 0 aromatic heterocycles. The van der Waals surface area contributed by atoms with Crippen LogP contribution in [0, 0.1) is 5.82 Å². The zero-order valence-electron chi connectivity index (χ0n) is 8.99. The summed E-state index contributed by atoms with van der Waals surface area (Å²) >= 11 is 3.37. The molecule has 0 aliphatic heterocycles. The zero-order chi connectivity index (χ0) is 12.3. The van der Waals surface area contributed by atoms with Gasteiger partial charge in [0.15, 0.2) is 5.78 Å². The lowest BCUT2D eigenvalue weighted by atomic mass is 10.0. The minimum absolute atomic E-state index is 0.142. The minimum atomic E-state index is -0.468. The van der Waals surface area contributed by atoms with Crippen LogP contribution in [0.15, 0.2) is 53.0 Å². The summed E-state index contributed by atoms with van der Waals surface area (Å²) < 4.78 is 14.3. The quantitative estimate of drug-likeness (QED) is 0.781. The van der Waals surface area contributed by atoms with Gasteiger partial charge in [-0.15, -0.1) is 0 Å². The third-order valence-electron chi connectivity index (χ3n) is 2.48. The molecular formula is C14H10BrFO. The predicted molar refractivity (Wildman–Crippen MR) is 68.6 cm³/mol. The monoisotopic (exact) mass is 292 g/mol. The molecule has 0 saturated carbocycles. The maximum atomic E-state index is 13.4. The van der Waals surface area contributed by atoms with E-state index in [1.54, 1.807) is 12.1 Å². The number of halogens is 2. The number of Topliss-reactive ketones (excluding diaryl/α,β-unsaturated/α-hetero) is 1. The molecule has 0 bridgehead atoms.